The molecule has 1 aliphatic rings. The summed E-state index contributed by atoms with van der Waals surface area (Å²) in [4.78, 5) is 4.83. The minimum absolute atomic E-state index is 0.530. The Morgan fingerprint density at radius 3 is 2.82 bits per heavy atom. The Morgan fingerprint density at radius 2 is 2.14 bits per heavy atom. The van der Waals surface area contributed by atoms with Crippen LogP contribution in [0.1, 0.15) is 25.0 Å². The van der Waals surface area contributed by atoms with Crippen LogP contribution in [-0.2, 0) is 4.74 Å². The number of ether oxygens (including phenoxy) is 1. The predicted molar refractivity (Wildman–Crippen MR) is 90.4 cm³/mol. The number of hydrogen-bond acceptors (Lipinski definition) is 4. The number of nitrogens with zero attached hydrogens (tertiary/aromatic N) is 2. The Kier molecular flexibility index (Phi) is 7.12. The van der Waals surface area contributed by atoms with Gasteiger partial charge in [0.1, 0.15) is 0 Å². The molecule has 0 radical (unpaired) electrons. The molecule has 1 aromatic carbocycles. The summed E-state index contributed by atoms with van der Waals surface area (Å²) in [5.41, 5.74) is 0.819. The Hall–Kier alpha value is -0.650. The Morgan fingerprint density at radius 1 is 1.36 bits per heavy atom. The molecule has 0 bridgehead atoms. The lowest BCUT2D eigenvalue weighted by Crippen LogP contribution is -2.54. The van der Waals surface area contributed by atoms with Crippen molar-refractivity contribution in [1.29, 1.82) is 0 Å². The van der Waals surface area contributed by atoms with Crippen LogP contribution in [0.2, 0.25) is 5.02 Å². The van der Waals surface area contributed by atoms with Crippen molar-refractivity contribution in [2.75, 3.05) is 46.4 Å². The Balaban J connectivity index is 1.90. The second kappa shape index (κ2) is 8.85. The first-order valence-corrected chi connectivity index (χ1v) is 8.41. The van der Waals surface area contributed by atoms with E-state index in [9.17, 15) is 5.11 Å². The van der Waals surface area contributed by atoms with Crippen LogP contribution < -0.4 is 0 Å². The number of aliphatic hydroxyl groups is 1. The van der Waals surface area contributed by atoms with E-state index in [1.54, 1.807) is 7.11 Å². The molecule has 124 valence electrons. The van der Waals surface area contributed by atoms with E-state index in [2.05, 4.69) is 16.7 Å². The van der Waals surface area contributed by atoms with Crippen molar-refractivity contribution in [2.45, 2.75) is 25.5 Å². The smallest absolute Gasteiger partial charge is 0.0931 e. The van der Waals surface area contributed by atoms with Crippen LogP contribution in [0.3, 0.4) is 0 Å². The Labute approximate surface area is 138 Å². The van der Waals surface area contributed by atoms with Crippen molar-refractivity contribution >= 4 is 11.6 Å². The van der Waals surface area contributed by atoms with Crippen molar-refractivity contribution in [3.8, 4) is 0 Å². The van der Waals surface area contributed by atoms with E-state index in [0.29, 0.717) is 17.6 Å². The van der Waals surface area contributed by atoms with E-state index in [1.807, 2.05) is 24.3 Å². The Bertz CT molecular complexity index is 458. The summed E-state index contributed by atoms with van der Waals surface area (Å²) in [6.45, 7) is 7.60. The van der Waals surface area contributed by atoms with Crippen LogP contribution in [0.4, 0.5) is 0 Å². The van der Waals surface area contributed by atoms with Crippen LogP contribution >= 0.6 is 11.6 Å². The second-order valence-corrected chi connectivity index (χ2v) is 6.29. The van der Waals surface area contributed by atoms with E-state index in [-0.39, 0.29) is 0 Å². The first-order chi connectivity index (χ1) is 10.7. The average molecular weight is 327 g/mol. The minimum atomic E-state index is -0.531. The van der Waals surface area contributed by atoms with Gasteiger partial charge in [-0.1, -0.05) is 36.7 Å². The molecule has 1 N–H and O–H groups in total. The van der Waals surface area contributed by atoms with Crippen molar-refractivity contribution in [3.05, 3.63) is 34.9 Å². The molecule has 1 heterocycles. The molecule has 0 unspecified atom stereocenters. The molecule has 1 saturated heterocycles. The molecule has 0 amide bonds. The number of methoxy groups -OCH3 is 1. The van der Waals surface area contributed by atoms with E-state index in [4.69, 9.17) is 16.3 Å². The maximum Gasteiger partial charge on any atom is 0.0931 e. The number of halogens is 1. The molecule has 22 heavy (non-hydrogen) atoms. The van der Waals surface area contributed by atoms with E-state index in [0.717, 1.165) is 44.8 Å². The fraction of sp³-hybridized carbons (Fsp3) is 0.647. The highest BCUT2D eigenvalue weighted by Crippen LogP contribution is 2.24. The highest BCUT2D eigenvalue weighted by molar-refractivity contribution is 6.31. The topological polar surface area (TPSA) is 35.9 Å². The summed E-state index contributed by atoms with van der Waals surface area (Å²) in [6.07, 6.45) is 0.583. The molecule has 2 atom stereocenters. The van der Waals surface area contributed by atoms with E-state index < -0.39 is 6.10 Å². The van der Waals surface area contributed by atoms with Gasteiger partial charge in [0.2, 0.25) is 0 Å². The number of rotatable bonds is 7. The van der Waals surface area contributed by atoms with Crippen molar-refractivity contribution < 1.29 is 9.84 Å². The van der Waals surface area contributed by atoms with E-state index in [1.165, 1.54) is 0 Å². The zero-order valence-corrected chi connectivity index (χ0v) is 14.3. The molecular formula is C17H27ClN2O2. The van der Waals surface area contributed by atoms with Crippen LogP contribution in [0.25, 0.3) is 0 Å². The molecule has 0 aliphatic carbocycles. The van der Waals surface area contributed by atoms with Gasteiger partial charge < -0.3 is 9.84 Å². The van der Waals surface area contributed by atoms with Crippen molar-refractivity contribution in [3.63, 3.8) is 0 Å². The van der Waals surface area contributed by atoms with Gasteiger partial charge in [-0.3, -0.25) is 9.80 Å². The third kappa shape index (κ3) is 4.67. The monoisotopic (exact) mass is 326 g/mol. The summed E-state index contributed by atoms with van der Waals surface area (Å²) < 4.78 is 5.19. The van der Waals surface area contributed by atoms with Crippen molar-refractivity contribution in [1.82, 2.24) is 9.80 Å². The number of β-amino-alcohol motifs (C(OH)–C–C–N with tert-alkyl or cyclic N) is 1. The first kappa shape index (κ1) is 17.7. The summed E-state index contributed by atoms with van der Waals surface area (Å²) in [6, 6.07) is 8.07. The lowest BCUT2D eigenvalue weighted by molar-refractivity contribution is 0.0260. The molecule has 0 saturated carbocycles. The number of aliphatic hydroxyl groups excluding tert-OH is 1. The van der Waals surface area contributed by atoms with Gasteiger partial charge >= 0.3 is 0 Å². The van der Waals surface area contributed by atoms with Gasteiger partial charge in [-0.15, -0.1) is 0 Å². The zero-order chi connectivity index (χ0) is 15.9. The summed E-state index contributed by atoms with van der Waals surface area (Å²) in [7, 11) is 1.75. The summed E-state index contributed by atoms with van der Waals surface area (Å²) in [5.74, 6) is 0. The maximum absolute atomic E-state index is 10.5. The highest BCUT2D eigenvalue weighted by Gasteiger charge is 2.27. The standard InChI is InChI=1S/C17H27ClN2O2/c1-3-14-12-19(8-9-20(14)10-11-22-2)13-17(21)15-6-4-5-7-16(15)18/h4-7,14,17,21H,3,8-13H2,1-2H3/t14-,17+/m1/s1. The van der Waals surface area contributed by atoms with Crippen LogP contribution in [0, 0.1) is 0 Å². The van der Waals surface area contributed by atoms with Gasteiger partial charge in [-0.05, 0) is 12.5 Å². The zero-order valence-electron chi connectivity index (χ0n) is 13.5. The third-order valence-corrected chi connectivity index (χ3v) is 4.78. The maximum atomic E-state index is 10.5. The molecule has 4 nitrogen and oxygen atoms in total. The lowest BCUT2D eigenvalue weighted by Gasteiger charge is -2.41. The minimum Gasteiger partial charge on any atom is -0.387 e. The van der Waals surface area contributed by atoms with Gasteiger partial charge in [-0.2, -0.15) is 0 Å². The largest absolute Gasteiger partial charge is 0.387 e. The molecular weight excluding hydrogens is 300 g/mol. The fourth-order valence-corrected chi connectivity index (χ4v) is 3.36. The van der Waals surface area contributed by atoms with Gasteiger partial charge in [0.05, 0.1) is 12.7 Å². The van der Waals surface area contributed by atoms with Crippen LogP contribution in [-0.4, -0.2) is 67.4 Å². The third-order valence-electron chi connectivity index (χ3n) is 4.44. The highest BCUT2D eigenvalue weighted by atomic mass is 35.5. The average Bonchev–Trinajstić information content (AvgIpc) is 2.53. The molecule has 1 aliphatic heterocycles. The quantitative estimate of drug-likeness (QED) is 0.835. The van der Waals surface area contributed by atoms with Crippen LogP contribution in [0.15, 0.2) is 24.3 Å². The normalized spacial score (nSPS) is 21.9. The predicted octanol–water partition coefficient (Wildman–Crippen LogP) is 2.42. The molecule has 0 aromatic heterocycles. The summed E-state index contributed by atoms with van der Waals surface area (Å²) in [5, 5.41) is 11.1. The van der Waals surface area contributed by atoms with Crippen LogP contribution in [0.5, 0.6) is 0 Å². The molecule has 5 heteroatoms. The van der Waals surface area contributed by atoms with E-state index >= 15 is 0 Å². The van der Waals surface area contributed by atoms with Gasteiger partial charge in [0, 0.05) is 56.5 Å². The number of piperazine rings is 1. The van der Waals surface area contributed by atoms with Gasteiger partial charge in [-0.25, -0.2) is 0 Å². The molecule has 1 aromatic rings. The second-order valence-electron chi connectivity index (χ2n) is 5.89. The molecule has 1 fully saturated rings. The van der Waals surface area contributed by atoms with Gasteiger partial charge in [0.15, 0.2) is 0 Å². The lowest BCUT2D eigenvalue weighted by atomic mass is 10.1. The van der Waals surface area contributed by atoms with Crippen molar-refractivity contribution in [2.24, 2.45) is 0 Å². The van der Waals surface area contributed by atoms with Gasteiger partial charge in [0.25, 0.3) is 0 Å². The number of hydrogen-bond donors (Lipinski definition) is 1. The molecule has 0 spiro atoms. The number of benzene rings is 1. The summed E-state index contributed by atoms with van der Waals surface area (Å²) >= 11 is 6.17. The first-order valence-electron chi connectivity index (χ1n) is 8.03. The molecule has 2 rings (SSSR count). The SMILES string of the molecule is CC[C@@H]1CN(C[C@H](O)c2ccccc2Cl)CCN1CCOC. The fourth-order valence-electron chi connectivity index (χ4n) is 3.10.